The first kappa shape index (κ1) is 10.3. The summed E-state index contributed by atoms with van der Waals surface area (Å²) in [6, 6.07) is 13.2. The number of halogens is 1. The van der Waals surface area contributed by atoms with Gasteiger partial charge in [0.25, 0.3) is 0 Å². The second-order valence-electron chi connectivity index (χ2n) is 4.28. The van der Waals surface area contributed by atoms with Gasteiger partial charge >= 0.3 is 0 Å². The fraction of sp³-hybridized carbons (Fsp3) is 0.200. The van der Waals surface area contributed by atoms with Crippen molar-refractivity contribution in [1.82, 2.24) is 0 Å². The minimum absolute atomic E-state index is 0.0988. The Morgan fingerprint density at radius 1 is 0.941 bits per heavy atom. The molecule has 0 aliphatic heterocycles. The largest absolute Gasteiger partial charge is 0.489 e. The number of hydrogen-bond donors (Lipinski definition) is 0. The van der Waals surface area contributed by atoms with E-state index in [4.69, 9.17) is 4.74 Å². The van der Waals surface area contributed by atoms with Crippen molar-refractivity contribution in [3.63, 3.8) is 0 Å². The molecule has 2 heteroatoms. The highest BCUT2D eigenvalue weighted by Gasteiger charge is 2.21. The number of ether oxygens (including phenoxy) is 1. The normalized spacial score (nSPS) is 12.8. The van der Waals surface area contributed by atoms with Crippen LogP contribution in [0.25, 0.3) is 0 Å². The molecule has 17 heavy (non-hydrogen) atoms. The average Bonchev–Trinajstić information content (AvgIpc) is 2.31. The zero-order chi connectivity index (χ0) is 11.7. The van der Waals surface area contributed by atoms with Crippen LogP contribution in [0.3, 0.4) is 0 Å². The number of benzene rings is 2. The molecule has 0 atom stereocenters. The SMILES string of the molecule is Fc1ccc(OCc2ccccc2)c2c1CC2. The first-order valence-electron chi connectivity index (χ1n) is 5.81. The van der Waals surface area contributed by atoms with Crippen LogP contribution < -0.4 is 4.74 Å². The van der Waals surface area contributed by atoms with Crippen molar-refractivity contribution in [2.45, 2.75) is 19.4 Å². The van der Waals surface area contributed by atoms with Gasteiger partial charge in [0, 0.05) is 5.56 Å². The van der Waals surface area contributed by atoms with Crippen molar-refractivity contribution in [2.24, 2.45) is 0 Å². The van der Waals surface area contributed by atoms with E-state index in [1.807, 2.05) is 30.3 Å². The van der Waals surface area contributed by atoms with E-state index >= 15 is 0 Å². The predicted molar refractivity (Wildman–Crippen MR) is 64.6 cm³/mol. The summed E-state index contributed by atoms with van der Waals surface area (Å²) in [4.78, 5) is 0. The summed E-state index contributed by atoms with van der Waals surface area (Å²) < 4.78 is 19.1. The van der Waals surface area contributed by atoms with Crippen LogP contribution in [0.15, 0.2) is 42.5 Å². The van der Waals surface area contributed by atoms with Crippen LogP contribution in [0.2, 0.25) is 0 Å². The Morgan fingerprint density at radius 2 is 1.71 bits per heavy atom. The van der Waals surface area contributed by atoms with E-state index in [2.05, 4.69) is 0 Å². The van der Waals surface area contributed by atoms with Crippen molar-refractivity contribution < 1.29 is 9.13 Å². The van der Waals surface area contributed by atoms with Gasteiger partial charge in [0.15, 0.2) is 0 Å². The molecule has 0 radical (unpaired) electrons. The zero-order valence-corrected chi connectivity index (χ0v) is 9.45. The molecule has 0 spiro atoms. The summed E-state index contributed by atoms with van der Waals surface area (Å²) in [6.45, 7) is 0.541. The smallest absolute Gasteiger partial charge is 0.126 e. The van der Waals surface area contributed by atoms with Crippen LogP contribution in [0, 0.1) is 5.82 Å². The molecule has 0 saturated heterocycles. The number of rotatable bonds is 3. The quantitative estimate of drug-likeness (QED) is 0.781. The van der Waals surface area contributed by atoms with Crippen molar-refractivity contribution >= 4 is 0 Å². The predicted octanol–water partition coefficient (Wildman–Crippen LogP) is 3.50. The lowest BCUT2D eigenvalue weighted by atomic mass is 9.87. The van der Waals surface area contributed by atoms with Crippen LogP contribution in [0.4, 0.5) is 4.39 Å². The minimum Gasteiger partial charge on any atom is -0.489 e. The Labute approximate surface area is 99.9 Å². The Kier molecular flexibility index (Phi) is 2.56. The van der Waals surface area contributed by atoms with Crippen LogP contribution >= 0.6 is 0 Å². The minimum atomic E-state index is -0.0988. The zero-order valence-electron chi connectivity index (χ0n) is 9.45. The van der Waals surface area contributed by atoms with E-state index in [-0.39, 0.29) is 5.82 Å². The van der Waals surface area contributed by atoms with Crippen molar-refractivity contribution in [2.75, 3.05) is 0 Å². The van der Waals surface area contributed by atoms with Gasteiger partial charge in [-0.05, 0) is 36.1 Å². The average molecular weight is 228 g/mol. The highest BCUT2D eigenvalue weighted by molar-refractivity contribution is 5.47. The van der Waals surface area contributed by atoms with Gasteiger partial charge in [-0.2, -0.15) is 0 Å². The molecule has 86 valence electrons. The van der Waals surface area contributed by atoms with Gasteiger partial charge in [-0.1, -0.05) is 30.3 Å². The van der Waals surface area contributed by atoms with Crippen LogP contribution in [0.5, 0.6) is 5.75 Å². The monoisotopic (exact) mass is 228 g/mol. The first-order chi connectivity index (χ1) is 8.34. The van der Waals surface area contributed by atoms with Gasteiger partial charge in [0.2, 0.25) is 0 Å². The Hall–Kier alpha value is -1.83. The molecule has 0 unspecified atom stereocenters. The fourth-order valence-corrected chi connectivity index (χ4v) is 2.13. The molecular formula is C15H13FO. The molecule has 1 aliphatic carbocycles. The van der Waals surface area contributed by atoms with Gasteiger partial charge in [-0.25, -0.2) is 4.39 Å². The Balaban J connectivity index is 1.77. The van der Waals surface area contributed by atoms with Crippen molar-refractivity contribution in [1.29, 1.82) is 0 Å². The second-order valence-corrected chi connectivity index (χ2v) is 4.28. The van der Waals surface area contributed by atoms with Crippen molar-refractivity contribution in [3.05, 3.63) is 65.0 Å². The first-order valence-corrected chi connectivity index (χ1v) is 5.81. The summed E-state index contributed by atoms with van der Waals surface area (Å²) in [6.07, 6.45) is 1.76. The maximum absolute atomic E-state index is 13.3. The maximum Gasteiger partial charge on any atom is 0.126 e. The van der Waals surface area contributed by atoms with Gasteiger partial charge in [0.05, 0.1) is 0 Å². The van der Waals surface area contributed by atoms with Crippen LogP contribution in [0.1, 0.15) is 16.7 Å². The molecule has 1 aliphatic rings. The van der Waals surface area contributed by atoms with Crippen LogP contribution in [-0.4, -0.2) is 0 Å². The molecule has 0 heterocycles. The standard InChI is InChI=1S/C15H13FO/c16-14-8-9-15(13-7-6-12(13)14)17-10-11-4-2-1-3-5-11/h1-5,8-9H,6-7,10H2. The Morgan fingerprint density at radius 3 is 2.41 bits per heavy atom. The van der Waals surface area contributed by atoms with E-state index in [1.54, 1.807) is 6.07 Å². The van der Waals surface area contributed by atoms with Gasteiger partial charge in [-0.3, -0.25) is 0 Å². The summed E-state index contributed by atoms with van der Waals surface area (Å²) in [5, 5.41) is 0. The molecule has 1 nitrogen and oxygen atoms in total. The third-order valence-corrected chi connectivity index (χ3v) is 3.19. The second kappa shape index (κ2) is 4.21. The van der Waals surface area contributed by atoms with Gasteiger partial charge in [-0.15, -0.1) is 0 Å². The molecule has 2 aromatic carbocycles. The molecule has 0 bridgehead atoms. The molecule has 0 saturated carbocycles. The van der Waals surface area contributed by atoms with E-state index in [0.717, 1.165) is 35.3 Å². The van der Waals surface area contributed by atoms with E-state index in [9.17, 15) is 4.39 Å². The summed E-state index contributed by atoms with van der Waals surface area (Å²) in [5.74, 6) is 0.731. The number of fused-ring (bicyclic) bond motifs is 1. The third kappa shape index (κ3) is 1.91. The van der Waals surface area contributed by atoms with Crippen LogP contribution in [-0.2, 0) is 19.4 Å². The topological polar surface area (TPSA) is 9.23 Å². The summed E-state index contributed by atoms with van der Waals surface area (Å²) >= 11 is 0. The molecule has 2 aromatic rings. The lowest BCUT2D eigenvalue weighted by molar-refractivity contribution is 0.299. The molecule has 0 amide bonds. The summed E-state index contributed by atoms with van der Waals surface area (Å²) in [5.41, 5.74) is 3.00. The maximum atomic E-state index is 13.3. The van der Waals surface area contributed by atoms with E-state index in [1.165, 1.54) is 6.07 Å². The van der Waals surface area contributed by atoms with E-state index in [0.29, 0.717) is 6.61 Å². The molecule has 0 fully saturated rings. The number of hydrogen-bond acceptors (Lipinski definition) is 1. The van der Waals surface area contributed by atoms with Crippen molar-refractivity contribution in [3.8, 4) is 5.75 Å². The molecular weight excluding hydrogens is 215 g/mol. The fourth-order valence-electron chi connectivity index (χ4n) is 2.13. The lowest BCUT2D eigenvalue weighted by Crippen LogP contribution is -2.13. The summed E-state index contributed by atoms with van der Waals surface area (Å²) in [7, 11) is 0. The Bertz CT molecular complexity index is 534. The lowest BCUT2D eigenvalue weighted by Gasteiger charge is -2.23. The molecule has 3 rings (SSSR count). The van der Waals surface area contributed by atoms with Gasteiger partial charge in [0.1, 0.15) is 18.2 Å². The molecule has 0 aromatic heterocycles. The van der Waals surface area contributed by atoms with Gasteiger partial charge < -0.3 is 4.74 Å². The van der Waals surface area contributed by atoms with E-state index < -0.39 is 0 Å². The highest BCUT2D eigenvalue weighted by atomic mass is 19.1. The molecule has 0 N–H and O–H groups in total. The third-order valence-electron chi connectivity index (χ3n) is 3.19. The highest BCUT2D eigenvalue weighted by Crippen LogP contribution is 2.34.